The summed E-state index contributed by atoms with van der Waals surface area (Å²) in [6, 6.07) is 14.1. The molecule has 156 valence electrons. The molecule has 2 aromatic rings. The molecule has 0 saturated heterocycles. The van der Waals surface area contributed by atoms with Crippen LogP contribution < -0.4 is 9.47 Å². The molecular weight excluding hydrogens is 356 g/mol. The third-order valence-corrected chi connectivity index (χ3v) is 2.86. The lowest BCUT2D eigenvalue weighted by Crippen LogP contribution is -2.07. The zero-order chi connectivity index (χ0) is 21.9. The van der Waals surface area contributed by atoms with Crippen LogP contribution in [-0.4, -0.2) is 19.0 Å². The van der Waals surface area contributed by atoms with Crippen LogP contribution in [-0.2, 0) is 16.1 Å². The number of methoxy groups -OCH3 is 1. The molecule has 5 heteroatoms. The van der Waals surface area contributed by atoms with E-state index in [4.69, 9.17) is 9.47 Å². The van der Waals surface area contributed by atoms with Crippen molar-refractivity contribution < 1.29 is 23.8 Å². The largest absolute Gasteiger partial charge is 0.485 e. The molecule has 0 aromatic heterocycles. The minimum absolute atomic E-state index is 0.186. The molecule has 0 saturated carbocycles. The van der Waals surface area contributed by atoms with Crippen LogP contribution >= 0.6 is 0 Å². The van der Waals surface area contributed by atoms with Crippen LogP contribution in [0, 0.1) is 0 Å². The van der Waals surface area contributed by atoms with Gasteiger partial charge < -0.3 is 14.2 Å². The van der Waals surface area contributed by atoms with Gasteiger partial charge in [-0.15, -0.1) is 0 Å². The Morgan fingerprint density at radius 1 is 0.821 bits per heavy atom. The summed E-state index contributed by atoms with van der Waals surface area (Å²) < 4.78 is 15.4. The van der Waals surface area contributed by atoms with E-state index in [2.05, 4.69) is 4.74 Å². The highest BCUT2D eigenvalue weighted by Gasteiger charge is 2.13. The average molecular weight is 391 g/mol. The molecule has 2 rings (SSSR count). The summed E-state index contributed by atoms with van der Waals surface area (Å²) in [6.07, 6.45) is 0. The van der Waals surface area contributed by atoms with Crippen molar-refractivity contribution >= 4 is 11.9 Å². The van der Waals surface area contributed by atoms with E-state index in [-0.39, 0.29) is 11.3 Å². The van der Waals surface area contributed by atoms with Gasteiger partial charge in [0.25, 0.3) is 0 Å². The van der Waals surface area contributed by atoms with Crippen LogP contribution in [0.4, 0.5) is 0 Å². The predicted octanol–water partition coefficient (Wildman–Crippen LogP) is 6.06. The highest BCUT2D eigenvalue weighted by molar-refractivity contribution is 5.90. The normalized spacial score (nSPS) is 8.43. The van der Waals surface area contributed by atoms with Crippen molar-refractivity contribution in [3.63, 3.8) is 0 Å². The molecule has 0 bridgehead atoms. The molecule has 28 heavy (non-hydrogen) atoms. The van der Waals surface area contributed by atoms with Crippen LogP contribution in [0.5, 0.6) is 11.5 Å². The van der Waals surface area contributed by atoms with E-state index in [9.17, 15) is 9.59 Å². The minimum Gasteiger partial charge on any atom is -0.485 e. The Hall–Kier alpha value is -2.82. The summed E-state index contributed by atoms with van der Waals surface area (Å²) in [4.78, 5) is 22.7. The van der Waals surface area contributed by atoms with Crippen molar-refractivity contribution in [3.05, 3.63) is 59.7 Å². The molecule has 0 N–H and O–H groups in total. The first kappa shape index (κ1) is 27.4. The van der Waals surface area contributed by atoms with Crippen LogP contribution in [0.1, 0.15) is 64.4 Å². The van der Waals surface area contributed by atoms with Gasteiger partial charge in [-0.3, -0.25) is 4.79 Å². The predicted molar refractivity (Wildman–Crippen MR) is 114 cm³/mol. The van der Waals surface area contributed by atoms with Gasteiger partial charge in [0.15, 0.2) is 11.5 Å². The lowest BCUT2D eigenvalue weighted by Gasteiger charge is -2.12. The molecule has 0 atom stereocenters. The van der Waals surface area contributed by atoms with E-state index >= 15 is 0 Å². The van der Waals surface area contributed by atoms with Gasteiger partial charge in [-0.1, -0.05) is 71.9 Å². The maximum Gasteiger partial charge on any atom is 0.337 e. The fourth-order valence-electron chi connectivity index (χ4n) is 1.84. The van der Waals surface area contributed by atoms with Gasteiger partial charge in [-0.2, -0.15) is 0 Å². The SMILES string of the molecule is CC.CC.CC.COC(=O)c1ccc(OCc2ccccc2)c(OC(C)=O)c1. The summed E-state index contributed by atoms with van der Waals surface area (Å²) in [5, 5.41) is 0. The zero-order valence-corrected chi connectivity index (χ0v) is 18.4. The van der Waals surface area contributed by atoms with E-state index in [0.29, 0.717) is 12.4 Å². The number of hydrogen-bond acceptors (Lipinski definition) is 5. The van der Waals surface area contributed by atoms with Gasteiger partial charge in [0, 0.05) is 6.92 Å². The Bertz CT molecular complexity index is 666. The number of rotatable bonds is 5. The van der Waals surface area contributed by atoms with Crippen molar-refractivity contribution in [3.8, 4) is 11.5 Å². The van der Waals surface area contributed by atoms with Gasteiger partial charge >= 0.3 is 11.9 Å². The molecule has 2 aromatic carbocycles. The second-order valence-corrected chi connectivity index (χ2v) is 4.52. The highest BCUT2D eigenvalue weighted by atomic mass is 16.6. The van der Waals surface area contributed by atoms with Crippen molar-refractivity contribution in [1.29, 1.82) is 0 Å². The monoisotopic (exact) mass is 390 g/mol. The van der Waals surface area contributed by atoms with Gasteiger partial charge in [0.2, 0.25) is 0 Å². The van der Waals surface area contributed by atoms with Crippen LogP contribution in [0.2, 0.25) is 0 Å². The van der Waals surface area contributed by atoms with Gasteiger partial charge in [-0.05, 0) is 23.8 Å². The quantitative estimate of drug-likeness (QED) is 0.459. The lowest BCUT2D eigenvalue weighted by molar-refractivity contribution is -0.132. The first-order chi connectivity index (χ1) is 13.6. The van der Waals surface area contributed by atoms with Gasteiger partial charge in [0.1, 0.15) is 6.61 Å². The van der Waals surface area contributed by atoms with Gasteiger partial charge in [0.05, 0.1) is 12.7 Å². The van der Waals surface area contributed by atoms with E-state index in [0.717, 1.165) is 5.56 Å². The van der Waals surface area contributed by atoms with E-state index < -0.39 is 11.9 Å². The summed E-state index contributed by atoms with van der Waals surface area (Å²) in [5.74, 6) is -0.437. The zero-order valence-electron chi connectivity index (χ0n) is 18.4. The fraction of sp³-hybridized carbons (Fsp3) is 0.391. The molecule has 0 aliphatic heterocycles. The molecule has 0 spiro atoms. The maximum absolute atomic E-state index is 11.5. The molecule has 0 aliphatic rings. The van der Waals surface area contributed by atoms with Crippen molar-refractivity contribution in [2.24, 2.45) is 0 Å². The number of esters is 2. The molecule has 0 heterocycles. The maximum atomic E-state index is 11.5. The molecule has 0 amide bonds. The van der Waals surface area contributed by atoms with Crippen LogP contribution in [0.3, 0.4) is 0 Å². The Morgan fingerprint density at radius 2 is 1.39 bits per heavy atom. The average Bonchev–Trinajstić information content (AvgIpc) is 2.76. The number of carbonyl (C=O) groups is 2. The molecular formula is C23H34O5. The first-order valence-corrected chi connectivity index (χ1v) is 9.67. The van der Waals surface area contributed by atoms with E-state index in [1.54, 1.807) is 12.1 Å². The molecule has 0 radical (unpaired) electrons. The summed E-state index contributed by atoms with van der Waals surface area (Å²) >= 11 is 0. The van der Waals surface area contributed by atoms with E-state index in [1.807, 2.05) is 71.9 Å². The van der Waals surface area contributed by atoms with Crippen LogP contribution in [0.15, 0.2) is 48.5 Å². The number of ether oxygens (including phenoxy) is 3. The fourth-order valence-corrected chi connectivity index (χ4v) is 1.84. The Balaban J connectivity index is 0. The molecule has 5 nitrogen and oxygen atoms in total. The Labute approximate surface area is 169 Å². The van der Waals surface area contributed by atoms with Gasteiger partial charge in [-0.25, -0.2) is 4.79 Å². The highest BCUT2D eigenvalue weighted by Crippen LogP contribution is 2.29. The Morgan fingerprint density at radius 3 is 1.89 bits per heavy atom. The third-order valence-electron chi connectivity index (χ3n) is 2.86. The summed E-state index contributed by atoms with van der Waals surface area (Å²) in [7, 11) is 1.29. The standard InChI is InChI=1S/C17H16O5.3C2H6/c1-12(18)22-16-10-14(17(19)20-2)8-9-15(16)21-11-13-6-4-3-5-7-13;3*1-2/h3-10H,11H2,1-2H3;3*1-2H3. The first-order valence-electron chi connectivity index (χ1n) is 9.67. The van der Waals surface area contributed by atoms with Crippen molar-refractivity contribution in [2.75, 3.05) is 7.11 Å². The number of hydrogen-bond donors (Lipinski definition) is 0. The molecule has 0 unspecified atom stereocenters. The van der Waals surface area contributed by atoms with E-state index in [1.165, 1.54) is 20.1 Å². The molecule has 0 aliphatic carbocycles. The lowest BCUT2D eigenvalue weighted by atomic mass is 10.2. The topological polar surface area (TPSA) is 61.8 Å². The minimum atomic E-state index is -0.511. The number of benzene rings is 2. The Kier molecular flexibility index (Phi) is 17.2. The second kappa shape index (κ2) is 17.6. The summed E-state index contributed by atoms with van der Waals surface area (Å²) in [6.45, 7) is 13.6. The molecule has 0 fully saturated rings. The third kappa shape index (κ3) is 10.4. The second-order valence-electron chi connectivity index (χ2n) is 4.52. The number of carbonyl (C=O) groups excluding carboxylic acids is 2. The van der Waals surface area contributed by atoms with Crippen molar-refractivity contribution in [2.45, 2.75) is 55.1 Å². The summed E-state index contributed by atoms with van der Waals surface area (Å²) in [5.41, 5.74) is 1.26. The smallest absolute Gasteiger partial charge is 0.337 e. The van der Waals surface area contributed by atoms with Crippen molar-refractivity contribution in [1.82, 2.24) is 0 Å². The van der Waals surface area contributed by atoms with Crippen LogP contribution in [0.25, 0.3) is 0 Å².